The van der Waals surface area contributed by atoms with Crippen LogP contribution in [0.2, 0.25) is 0 Å². The number of hydrogen-bond acceptors (Lipinski definition) is 3. The zero-order valence-electron chi connectivity index (χ0n) is 6.70. The van der Waals surface area contributed by atoms with Gasteiger partial charge < -0.3 is 10.1 Å². The van der Waals surface area contributed by atoms with Crippen molar-refractivity contribution in [1.82, 2.24) is 5.32 Å². The van der Waals surface area contributed by atoms with Gasteiger partial charge in [-0.25, -0.2) is 4.79 Å². The van der Waals surface area contributed by atoms with Crippen molar-refractivity contribution >= 4 is 18.7 Å². The molecule has 1 aliphatic heterocycles. The van der Waals surface area contributed by atoms with Crippen LogP contribution in [0.4, 0.5) is 4.79 Å². The van der Waals surface area contributed by atoms with Crippen molar-refractivity contribution in [3.05, 3.63) is 0 Å². The van der Waals surface area contributed by atoms with Gasteiger partial charge in [-0.1, -0.05) is 6.92 Å². The normalized spacial score (nSPS) is 38.8. The van der Waals surface area contributed by atoms with Gasteiger partial charge in [0.2, 0.25) is 0 Å². The minimum atomic E-state index is -0.332. The largest absolute Gasteiger partial charge is 0.445 e. The van der Waals surface area contributed by atoms with Gasteiger partial charge in [-0.15, -0.1) is 0 Å². The van der Waals surface area contributed by atoms with Gasteiger partial charge in [0.15, 0.2) is 0 Å². The molecule has 0 aliphatic carbocycles. The number of cyclic esters (lactones) is 1. The maximum atomic E-state index is 10.8. The lowest BCUT2D eigenvalue weighted by Gasteiger charge is -2.19. The number of carbonyl (C=O) groups is 1. The van der Waals surface area contributed by atoms with Crippen LogP contribution in [0, 0.1) is 5.92 Å². The summed E-state index contributed by atoms with van der Waals surface area (Å²) in [6.45, 7) is 4.56. The lowest BCUT2D eigenvalue weighted by Crippen LogP contribution is -2.26. The highest BCUT2D eigenvalue weighted by molar-refractivity contribution is 7.81. The Hall–Kier alpha value is -0.380. The molecule has 0 spiro atoms. The van der Waals surface area contributed by atoms with E-state index < -0.39 is 0 Å². The van der Waals surface area contributed by atoms with Gasteiger partial charge in [0.05, 0.1) is 0 Å². The molecule has 1 rings (SSSR count). The Kier molecular flexibility index (Phi) is 2.65. The van der Waals surface area contributed by atoms with Crippen molar-refractivity contribution in [2.75, 3.05) is 6.54 Å². The first-order chi connectivity index (χ1) is 5.11. The first kappa shape index (κ1) is 8.71. The molecule has 4 heteroatoms. The first-order valence-electron chi connectivity index (χ1n) is 3.74. The second-order valence-electron chi connectivity index (χ2n) is 2.96. The fourth-order valence-corrected chi connectivity index (χ4v) is 1.27. The number of nitrogens with one attached hydrogen (secondary N) is 1. The van der Waals surface area contributed by atoms with Crippen molar-refractivity contribution in [1.29, 1.82) is 0 Å². The van der Waals surface area contributed by atoms with E-state index in [2.05, 4.69) is 17.9 Å². The van der Waals surface area contributed by atoms with E-state index in [0.29, 0.717) is 12.5 Å². The monoisotopic (exact) mass is 175 g/mol. The number of rotatable bonds is 0. The van der Waals surface area contributed by atoms with Crippen LogP contribution in [0.3, 0.4) is 0 Å². The standard InChI is InChI=1S/C7H13NO2S/c1-4-3-8-7(9)10-5(2)6(4)11/h4-6,11H,3H2,1-2H3,(H,8,9). The number of carbonyl (C=O) groups excluding carboxylic acids is 1. The molecular weight excluding hydrogens is 162 g/mol. The fourth-order valence-electron chi connectivity index (χ4n) is 1.11. The molecule has 3 unspecified atom stereocenters. The Balaban J connectivity index is 2.61. The Morgan fingerprint density at radius 1 is 1.64 bits per heavy atom. The molecule has 1 fully saturated rings. The van der Waals surface area contributed by atoms with Crippen LogP contribution in [0.15, 0.2) is 0 Å². The van der Waals surface area contributed by atoms with Gasteiger partial charge in [-0.2, -0.15) is 12.6 Å². The lowest BCUT2D eigenvalue weighted by molar-refractivity contribution is 0.112. The van der Waals surface area contributed by atoms with E-state index in [4.69, 9.17) is 4.74 Å². The van der Waals surface area contributed by atoms with Crippen molar-refractivity contribution < 1.29 is 9.53 Å². The van der Waals surface area contributed by atoms with Crippen LogP contribution in [0.1, 0.15) is 13.8 Å². The Morgan fingerprint density at radius 2 is 2.27 bits per heavy atom. The summed E-state index contributed by atoms with van der Waals surface area (Å²) in [6.07, 6.45) is -0.434. The molecule has 1 amide bonds. The van der Waals surface area contributed by atoms with Gasteiger partial charge >= 0.3 is 6.09 Å². The quantitative estimate of drug-likeness (QED) is 0.540. The smallest absolute Gasteiger partial charge is 0.407 e. The summed E-state index contributed by atoms with van der Waals surface area (Å²) in [7, 11) is 0. The van der Waals surface area contributed by atoms with E-state index in [0.717, 1.165) is 0 Å². The van der Waals surface area contributed by atoms with Gasteiger partial charge in [0.1, 0.15) is 6.10 Å². The summed E-state index contributed by atoms with van der Waals surface area (Å²) in [5.41, 5.74) is 0. The summed E-state index contributed by atoms with van der Waals surface area (Å²) < 4.78 is 4.97. The molecule has 3 nitrogen and oxygen atoms in total. The lowest BCUT2D eigenvalue weighted by atomic mass is 10.0. The third kappa shape index (κ3) is 2.02. The fraction of sp³-hybridized carbons (Fsp3) is 0.857. The molecule has 11 heavy (non-hydrogen) atoms. The van der Waals surface area contributed by atoms with E-state index in [-0.39, 0.29) is 17.4 Å². The molecule has 0 saturated carbocycles. The van der Waals surface area contributed by atoms with Crippen LogP contribution in [0.5, 0.6) is 0 Å². The molecule has 0 aromatic carbocycles. The van der Waals surface area contributed by atoms with Crippen molar-refractivity contribution in [3.63, 3.8) is 0 Å². The number of alkyl carbamates (subject to hydrolysis) is 1. The molecule has 1 saturated heterocycles. The van der Waals surface area contributed by atoms with Crippen LogP contribution in [-0.4, -0.2) is 24.0 Å². The molecule has 64 valence electrons. The van der Waals surface area contributed by atoms with Crippen LogP contribution in [0.25, 0.3) is 0 Å². The number of thiol groups is 1. The van der Waals surface area contributed by atoms with E-state index in [1.807, 2.05) is 13.8 Å². The van der Waals surface area contributed by atoms with Gasteiger partial charge in [-0.3, -0.25) is 0 Å². The topological polar surface area (TPSA) is 38.3 Å². The van der Waals surface area contributed by atoms with E-state index in [9.17, 15) is 4.79 Å². The highest BCUT2D eigenvalue weighted by Gasteiger charge is 2.26. The molecule has 3 atom stereocenters. The minimum Gasteiger partial charge on any atom is -0.445 e. The summed E-state index contributed by atoms with van der Waals surface area (Å²) >= 11 is 4.34. The van der Waals surface area contributed by atoms with Gasteiger partial charge in [-0.05, 0) is 12.8 Å². The third-order valence-electron chi connectivity index (χ3n) is 1.93. The first-order valence-corrected chi connectivity index (χ1v) is 4.25. The highest BCUT2D eigenvalue weighted by atomic mass is 32.1. The summed E-state index contributed by atoms with van der Waals surface area (Å²) in [6, 6.07) is 0. The molecule has 0 aromatic heterocycles. The van der Waals surface area contributed by atoms with Gasteiger partial charge in [0.25, 0.3) is 0 Å². The molecule has 1 heterocycles. The predicted molar refractivity (Wildman–Crippen MR) is 45.9 cm³/mol. The second-order valence-corrected chi connectivity index (χ2v) is 3.56. The van der Waals surface area contributed by atoms with Crippen molar-refractivity contribution in [2.24, 2.45) is 5.92 Å². The zero-order valence-corrected chi connectivity index (χ0v) is 7.60. The van der Waals surface area contributed by atoms with E-state index >= 15 is 0 Å². The molecule has 0 radical (unpaired) electrons. The SMILES string of the molecule is CC1CNC(=O)OC(C)C1S. The number of hydrogen-bond donors (Lipinski definition) is 2. The number of ether oxygens (including phenoxy) is 1. The van der Waals surface area contributed by atoms with Crippen molar-refractivity contribution in [3.8, 4) is 0 Å². The molecule has 1 aliphatic rings. The second kappa shape index (κ2) is 3.34. The molecular formula is C7H13NO2S. The van der Waals surface area contributed by atoms with Crippen molar-refractivity contribution in [2.45, 2.75) is 25.2 Å². The van der Waals surface area contributed by atoms with E-state index in [1.54, 1.807) is 0 Å². The van der Waals surface area contributed by atoms with E-state index in [1.165, 1.54) is 0 Å². The van der Waals surface area contributed by atoms with Crippen LogP contribution < -0.4 is 5.32 Å². The number of amides is 1. The molecule has 0 bridgehead atoms. The summed E-state index contributed by atoms with van der Waals surface area (Å²) in [5, 5.41) is 2.78. The average Bonchev–Trinajstić information content (AvgIpc) is 2.05. The maximum absolute atomic E-state index is 10.8. The summed E-state index contributed by atoms with van der Waals surface area (Å²) in [4.78, 5) is 10.8. The average molecular weight is 175 g/mol. The third-order valence-corrected chi connectivity index (χ3v) is 2.85. The Labute approximate surface area is 71.9 Å². The zero-order chi connectivity index (χ0) is 8.43. The predicted octanol–water partition coefficient (Wildman–Crippen LogP) is 1.05. The van der Waals surface area contributed by atoms with Crippen LogP contribution in [-0.2, 0) is 4.74 Å². The van der Waals surface area contributed by atoms with Crippen LogP contribution >= 0.6 is 12.6 Å². The molecule has 1 N–H and O–H groups in total. The Morgan fingerprint density at radius 3 is 2.91 bits per heavy atom. The summed E-state index contributed by atoms with van der Waals surface area (Å²) in [5.74, 6) is 0.361. The minimum absolute atomic E-state index is 0.101. The maximum Gasteiger partial charge on any atom is 0.407 e. The highest BCUT2D eigenvalue weighted by Crippen LogP contribution is 2.18. The Bertz CT molecular complexity index is 163. The van der Waals surface area contributed by atoms with Gasteiger partial charge in [0, 0.05) is 11.8 Å². The molecule has 0 aromatic rings.